The highest BCUT2D eigenvalue weighted by atomic mass is 16.5. The van der Waals surface area contributed by atoms with Crippen LogP contribution in [0.25, 0.3) is 0 Å². The largest absolute Gasteiger partial charge is 0.368 e. The van der Waals surface area contributed by atoms with E-state index in [0.717, 1.165) is 35.4 Å². The number of hydrogen-bond donors (Lipinski definition) is 1. The van der Waals surface area contributed by atoms with Gasteiger partial charge < -0.3 is 14.6 Å². The lowest BCUT2D eigenvalue weighted by molar-refractivity contribution is -0.114. The summed E-state index contributed by atoms with van der Waals surface area (Å²) < 4.78 is 10.5. The van der Waals surface area contributed by atoms with Crippen LogP contribution in [-0.2, 0) is 35.6 Å². The number of carbonyl (C=O) groups is 1. The van der Waals surface area contributed by atoms with Gasteiger partial charge in [-0.15, -0.1) is 0 Å². The van der Waals surface area contributed by atoms with Crippen molar-refractivity contribution in [3.05, 3.63) is 40.9 Å². The summed E-state index contributed by atoms with van der Waals surface area (Å²) in [4.78, 5) is 15.1. The van der Waals surface area contributed by atoms with Gasteiger partial charge in [0.25, 0.3) is 0 Å². The monoisotopic (exact) mass is 273 g/mol. The molecule has 2 aromatic heterocycles. The van der Waals surface area contributed by atoms with Gasteiger partial charge in [0.15, 0.2) is 5.76 Å². The van der Waals surface area contributed by atoms with Gasteiger partial charge in [-0.05, 0) is 24.5 Å². The van der Waals surface area contributed by atoms with Gasteiger partial charge in [-0.3, -0.25) is 4.79 Å². The minimum atomic E-state index is -0.122. The zero-order chi connectivity index (χ0) is 13.9. The standard InChI is InChI=1S/C14H15N3O3/c1-9(18)16-14-5-3-10(6-15-14)2-4-12-11-7-19-8-13(11)20-17-12/h3,5-6H,2,4,7-8H2,1H3,(H,15,16,18). The fourth-order valence-electron chi connectivity index (χ4n) is 2.19. The SMILES string of the molecule is CC(=O)Nc1ccc(CCc2noc3c2COC3)cn1. The minimum Gasteiger partial charge on any atom is -0.368 e. The van der Waals surface area contributed by atoms with E-state index < -0.39 is 0 Å². The molecule has 3 heterocycles. The number of rotatable bonds is 4. The second-order valence-corrected chi connectivity index (χ2v) is 4.76. The van der Waals surface area contributed by atoms with Crippen molar-refractivity contribution in [3.63, 3.8) is 0 Å². The van der Waals surface area contributed by atoms with E-state index in [1.165, 1.54) is 6.92 Å². The van der Waals surface area contributed by atoms with Crippen molar-refractivity contribution in [3.8, 4) is 0 Å². The van der Waals surface area contributed by atoms with E-state index in [-0.39, 0.29) is 5.91 Å². The molecule has 1 amide bonds. The first kappa shape index (κ1) is 12.8. The molecular weight excluding hydrogens is 258 g/mol. The first-order valence-electron chi connectivity index (χ1n) is 6.49. The van der Waals surface area contributed by atoms with E-state index in [0.29, 0.717) is 19.0 Å². The van der Waals surface area contributed by atoms with Gasteiger partial charge in [-0.1, -0.05) is 11.2 Å². The molecule has 0 fully saturated rings. The van der Waals surface area contributed by atoms with E-state index in [1.807, 2.05) is 6.07 Å². The van der Waals surface area contributed by atoms with Crippen LogP contribution in [0.4, 0.5) is 5.82 Å². The number of nitrogens with zero attached hydrogens (tertiary/aromatic N) is 2. The zero-order valence-corrected chi connectivity index (χ0v) is 11.2. The third-order valence-electron chi connectivity index (χ3n) is 3.21. The molecule has 0 aromatic carbocycles. The summed E-state index contributed by atoms with van der Waals surface area (Å²) in [6.45, 7) is 2.58. The minimum absolute atomic E-state index is 0.122. The lowest BCUT2D eigenvalue weighted by Crippen LogP contribution is -2.07. The second-order valence-electron chi connectivity index (χ2n) is 4.76. The topological polar surface area (TPSA) is 77.2 Å². The Bertz CT molecular complexity index is 619. The average Bonchev–Trinajstić information content (AvgIpc) is 3.01. The second kappa shape index (κ2) is 5.42. The molecule has 0 unspecified atom stereocenters. The number of nitrogens with one attached hydrogen (secondary N) is 1. The Kier molecular flexibility index (Phi) is 3.47. The number of carbonyl (C=O) groups excluding carboxylic acids is 1. The van der Waals surface area contributed by atoms with E-state index >= 15 is 0 Å². The lowest BCUT2D eigenvalue weighted by Gasteiger charge is -2.03. The van der Waals surface area contributed by atoms with Crippen LogP contribution >= 0.6 is 0 Å². The van der Waals surface area contributed by atoms with Gasteiger partial charge in [-0.2, -0.15) is 0 Å². The molecule has 1 aliphatic heterocycles. The van der Waals surface area contributed by atoms with Gasteiger partial charge >= 0.3 is 0 Å². The molecule has 0 spiro atoms. The Morgan fingerprint density at radius 3 is 3.00 bits per heavy atom. The van der Waals surface area contributed by atoms with Crippen molar-refractivity contribution in [2.24, 2.45) is 0 Å². The van der Waals surface area contributed by atoms with Crippen molar-refractivity contribution in [1.82, 2.24) is 10.1 Å². The van der Waals surface area contributed by atoms with Crippen LogP contribution in [0.1, 0.15) is 29.5 Å². The summed E-state index contributed by atoms with van der Waals surface area (Å²) in [6, 6.07) is 3.75. The molecule has 1 N–H and O–H groups in total. The summed E-state index contributed by atoms with van der Waals surface area (Å²) >= 11 is 0. The fourth-order valence-corrected chi connectivity index (χ4v) is 2.19. The maximum absolute atomic E-state index is 10.9. The molecule has 0 saturated heterocycles. The van der Waals surface area contributed by atoms with Gasteiger partial charge in [-0.25, -0.2) is 4.98 Å². The molecule has 0 bridgehead atoms. The number of pyridine rings is 1. The smallest absolute Gasteiger partial charge is 0.222 e. The highest BCUT2D eigenvalue weighted by molar-refractivity contribution is 5.87. The average molecular weight is 273 g/mol. The first-order chi connectivity index (χ1) is 9.72. The summed E-state index contributed by atoms with van der Waals surface area (Å²) in [6.07, 6.45) is 3.39. The molecule has 1 aliphatic rings. The van der Waals surface area contributed by atoms with Crippen LogP contribution in [0.5, 0.6) is 0 Å². The van der Waals surface area contributed by atoms with Gasteiger partial charge in [0.2, 0.25) is 5.91 Å². The molecule has 0 atom stereocenters. The third-order valence-corrected chi connectivity index (χ3v) is 3.21. The number of amides is 1. The molecular formula is C14H15N3O3. The normalized spacial score (nSPS) is 13.2. The molecule has 0 saturated carbocycles. The van der Waals surface area contributed by atoms with E-state index in [9.17, 15) is 4.79 Å². The van der Waals surface area contributed by atoms with Crippen molar-refractivity contribution >= 4 is 11.7 Å². The summed E-state index contributed by atoms with van der Waals surface area (Å²) in [5, 5.41) is 6.72. The number of fused-ring (bicyclic) bond motifs is 1. The van der Waals surface area contributed by atoms with E-state index in [4.69, 9.17) is 9.26 Å². The van der Waals surface area contributed by atoms with Crippen LogP contribution in [-0.4, -0.2) is 16.0 Å². The zero-order valence-electron chi connectivity index (χ0n) is 11.2. The third kappa shape index (κ3) is 2.70. The van der Waals surface area contributed by atoms with Crippen molar-refractivity contribution in [2.45, 2.75) is 33.0 Å². The lowest BCUT2D eigenvalue weighted by atomic mass is 10.1. The van der Waals surface area contributed by atoms with Crippen LogP contribution in [0.2, 0.25) is 0 Å². The van der Waals surface area contributed by atoms with E-state index in [1.54, 1.807) is 12.3 Å². The molecule has 6 nitrogen and oxygen atoms in total. The Hall–Kier alpha value is -2.21. The van der Waals surface area contributed by atoms with Crippen molar-refractivity contribution < 1.29 is 14.1 Å². The predicted octanol–water partition coefficient (Wildman–Crippen LogP) is 1.84. The van der Waals surface area contributed by atoms with Crippen LogP contribution in [0.3, 0.4) is 0 Å². The van der Waals surface area contributed by atoms with Gasteiger partial charge in [0.1, 0.15) is 12.4 Å². The Labute approximate surface area is 116 Å². The highest BCUT2D eigenvalue weighted by Crippen LogP contribution is 2.24. The van der Waals surface area contributed by atoms with Crippen LogP contribution in [0, 0.1) is 0 Å². The van der Waals surface area contributed by atoms with Crippen LogP contribution in [0.15, 0.2) is 22.9 Å². The molecule has 0 aliphatic carbocycles. The number of anilines is 1. The Balaban J connectivity index is 1.62. The number of aryl methyl sites for hydroxylation is 2. The first-order valence-corrected chi connectivity index (χ1v) is 6.49. The molecule has 104 valence electrons. The molecule has 0 radical (unpaired) electrons. The Morgan fingerprint density at radius 2 is 2.25 bits per heavy atom. The van der Waals surface area contributed by atoms with Crippen molar-refractivity contribution in [2.75, 3.05) is 5.32 Å². The number of ether oxygens (including phenoxy) is 1. The van der Waals surface area contributed by atoms with Gasteiger partial charge in [0, 0.05) is 18.7 Å². The van der Waals surface area contributed by atoms with Crippen LogP contribution < -0.4 is 5.32 Å². The molecule has 3 rings (SSSR count). The summed E-state index contributed by atoms with van der Waals surface area (Å²) in [7, 11) is 0. The van der Waals surface area contributed by atoms with Crippen molar-refractivity contribution in [1.29, 1.82) is 0 Å². The Morgan fingerprint density at radius 1 is 1.35 bits per heavy atom. The van der Waals surface area contributed by atoms with E-state index in [2.05, 4.69) is 15.5 Å². The summed E-state index contributed by atoms with van der Waals surface area (Å²) in [5.41, 5.74) is 3.14. The molecule has 20 heavy (non-hydrogen) atoms. The number of aromatic nitrogens is 2. The maximum atomic E-state index is 10.9. The van der Waals surface area contributed by atoms with Gasteiger partial charge in [0.05, 0.1) is 12.3 Å². The molecule has 2 aromatic rings. The molecule has 6 heteroatoms. The highest BCUT2D eigenvalue weighted by Gasteiger charge is 2.21. The number of hydrogen-bond acceptors (Lipinski definition) is 5. The fraction of sp³-hybridized carbons (Fsp3) is 0.357. The quantitative estimate of drug-likeness (QED) is 0.919. The predicted molar refractivity (Wildman–Crippen MR) is 70.9 cm³/mol. The maximum Gasteiger partial charge on any atom is 0.222 e. The summed E-state index contributed by atoms with van der Waals surface area (Å²) in [5.74, 6) is 1.29.